The number of carboxylic acids is 2. The lowest BCUT2D eigenvalue weighted by molar-refractivity contribution is -0.145. The zero-order valence-corrected chi connectivity index (χ0v) is 11.3. The van der Waals surface area contributed by atoms with E-state index in [4.69, 9.17) is 21.8 Å². The molecule has 1 atom stereocenters. The molecule has 0 aromatic heterocycles. The second kappa shape index (κ2) is 6.16. The van der Waals surface area contributed by atoms with Gasteiger partial charge in [0.2, 0.25) is 10.0 Å². The number of rotatable bonds is 6. The van der Waals surface area contributed by atoms with E-state index in [0.29, 0.717) is 0 Å². The normalized spacial score (nSPS) is 12.9. The van der Waals surface area contributed by atoms with Crippen LogP contribution in [-0.4, -0.2) is 36.6 Å². The maximum Gasteiger partial charge on any atom is 0.322 e. The van der Waals surface area contributed by atoms with Crippen molar-refractivity contribution in [3.8, 4) is 0 Å². The molecule has 10 heteroatoms. The Bertz CT molecular complexity index is 647. The summed E-state index contributed by atoms with van der Waals surface area (Å²) < 4.78 is 38.9. The third-order valence-electron chi connectivity index (χ3n) is 2.18. The minimum absolute atomic E-state index is 0.460. The molecule has 110 valence electrons. The highest BCUT2D eigenvalue weighted by atomic mass is 35.5. The molecule has 1 aromatic carbocycles. The van der Waals surface area contributed by atoms with Crippen molar-refractivity contribution in [1.82, 2.24) is 4.72 Å². The summed E-state index contributed by atoms with van der Waals surface area (Å²) in [6.45, 7) is 0. The number of hydrogen-bond acceptors (Lipinski definition) is 4. The van der Waals surface area contributed by atoms with Crippen molar-refractivity contribution in [2.75, 3.05) is 0 Å². The third-order valence-corrected chi connectivity index (χ3v) is 3.96. The maximum absolute atomic E-state index is 13.6. The van der Waals surface area contributed by atoms with Crippen LogP contribution in [0.25, 0.3) is 0 Å². The van der Waals surface area contributed by atoms with Crippen molar-refractivity contribution in [1.29, 1.82) is 0 Å². The summed E-state index contributed by atoms with van der Waals surface area (Å²) in [5, 5.41) is 16.8. The monoisotopic (exact) mass is 325 g/mol. The molecule has 1 aromatic rings. The van der Waals surface area contributed by atoms with E-state index in [-0.39, 0.29) is 0 Å². The van der Waals surface area contributed by atoms with Crippen LogP contribution in [0.15, 0.2) is 23.1 Å². The number of aliphatic carboxylic acids is 2. The molecule has 0 bridgehead atoms. The second-order valence-corrected chi connectivity index (χ2v) is 5.75. The van der Waals surface area contributed by atoms with Crippen LogP contribution in [0.5, 0.6) is 0 Å². The van der Waals surface area contributed by atoms with Crippen molar-refractivity contribution in [2.45, 2.75) is 17.4 Å². The Balaban J connectivity index is 3.13. The van der Waals surface area contributed by atoms with Gasteiger partial charge in [-0.3, -0.25) is 9.59 Å². The molecular weight excluding hydrogens is 317 g/mol. The van der Waals surface area contributed by atoms with Crippen molar-refractivity contribution in [3.63, 3.8) is 0 Å². The van der Waals surface area contributed by atoms with Gasteiger partial charge >= 0.3 is 11.9 Å². The predicted molar refractivity (Wildman–Crippen MR) is 65.4 cm³/mol. The fraction of sp³-hybridized carbons (Fsp3) is 0.200. The molecule has 1 rings (SSSR count). The lowest BCUT2D eigenvalue weighted by atomic mass is 10.2. The Morgan fingerprint density at radius 3 is 2.45 bits per heavy atom. The number of halogens is 2. The van der Waals surface area contributed by atoms with E-state index < -0.39 is 50.2 Å². The van der Waals surface area contributed by atoms with Gasteiger partial charge in [-0.25, -0.2) is 12.8 Å². The zero-order chi connectivity index (χ0) is 15.5. The zero-order valence-electron chi connectivity index (χ0n) is 9.71. The molecule has 0 aliphatic rings. The second-order valence-electron chi connectivity index (χ2n) is 3.66. The highest BCUT2D eigenvalue weighted by Crippen LogP contribution is 2.22. The maximum atomic E-state index is 13.6. The van der Waals surface area contributed by atoms with Crippen LogP contribution in [0.3, 0.4) is 0 Å². The van der Waals surface area contributed by atoms with Gasteiger partial charge in [-0.2, -0.15) is 4.72 Å². The summed E-state index contributed by atoms with van der Waals surface area (Å²) in [4.78, 5) is 20.4. The first-order chi connectivity index (χ1) is 9.15. The molecule has 0 spiro atoms. The largest absolute Gasteiger partial charge is 0.481 e. The molecule has 3 N–H and O–H groups in total. The van der Waals surface area contributed by atoms with Crippen LogP contribution in [-0.2, 0) is 19.6 Å². The van der Waals surface area contributed by atoms with E-state index in [9.17, 15) is 22.4 Å². The van der Waals surface area contributed by atoms with E-state index in [2.05, 4.69) is 0 Å². The molecule has 0 aliphatic carbocycles. The minimum atomic E-state index is -4.56. The summed E-state index contributed by atoms with van der Waals surface area (Å²) in [6, 6.07) is 1.23. The number of nitrogens with one attached hydrogen (secondary N) is 1. The summed E-state index contributed by atoms with van der Waals surface area (Å²) in [7, 11) is -4.56. The van der Waals surface area contributed by atoms with Gasteiger partial charge in [-0.05, 0) is 12.1 Å². The van der Waals surface area contributed by atoms with Crippen LogP contribution in [0.1, 0.15) is 6.42 Å². The Hall–Kier alpha value is -1.71. The molecule has 0 saturated heterocycles. The topological polar surface area (TPSA) is 121 Å². The highest BCUT2D eigenvalue weighted by Gasteiger charge is 2.29. The fourth-order valence-electron chi connectivity index (χ4n) is 1.30. The van der Waals surface area contributed by atoms with Gasteiger partial charge in [-0.15, -0.1) is 0 Å². The molecule has 0 saturated carbocycles. The summed E-state index contributed by atoms with van der Waals surface area (Å²) >= 11 is 5.43. The first-order valence-electron chi connectivity index (χ1n) is 5.06. The summed E-state index contributed by atoms with van der Waals surface area (Å²) in [5.74, 6) is -4.47. The Morgan fingerprint density at radius 2 is 1.95 bits per heavy atom. The average molecular weight is 326 g/mol. The fourth-order valence-corrected chi connectivity index (χ4v) is 2.82. The summed E-state index contributed by atoms with van der Waals surface area (Å²) in [6.07, 6.45) is -0.989. The van der Waals surface area contributed by atoms with Crippen LogP contribution in [0.2, 0.25) is 5.02 Å². The Kier molecular flexibility index (Phi) is 5.03. The van der Waals surface area contributed by atoms with Gasteiger partial charge in [0, 0.05) is 0 Å². The molecule has 0 radical (unpaired) electrons. The van der Waals surface area contributed by atoms with Crippen LogP contribution in [0.4, 0.5) is 4.39 Å². The molecular formula is C10H9ClFNO6S. The average Bonchev–Trinajstić information content (AvgIpc) is 2.30. The van der Waals surface area contributed by atoms with Crippen molar-refractivity contribution in [2.24, 2.45) is 0 Å². The lowest BCUT2D eigenvalue weighted by Crippen LogP contribution is -2.42. The number of hydrogen-bond donors (Lipinski definition) is 3. The number of sulfonamides is 1. The molecule has 0 aliphatic heterocycles. The van der Waals surface area contributed by atoms with Gasteiger partial charge in [0.25, 0.3) is 0 Å². The lowest BCUT2D eigenvalue weighted by Gasteiger charge is -2.13. The third kappa shape index (κ3) is 3.89. The van der Waals surface area contributed by atoms with Crippen molar-refractivity contribution >= 4 is 33.6 Å². The smallest absolute Gasteiger partial charge is 0.322 e. The first kappa shape index (κ1) is 16.3. The van der Waals surface area contributed by atoms with Crippen LogP contribution in [0, 0.1) is 5.82 Å². The Morgan fingerprint density at radius 1 is 1.35 bits per heavy atom. The van der Waals surface area contributed by atoms with E-state index in [0.717, 1.165) is 18.2 Å². The van der Waals surface area contributed by atoms with Crippen LogP contribution < -0.4 is 4.72 Å². The molecule has 0 fully saturated rings. The van der Waals surface area contributed by atoms with E-state index in [1.165, 1.54) is 0 Å². The number of carboxylic acid groups (broad SMARTS) is 2. The first-order valence-corrected chi connectivity index (χ1v) is 6.92. The van der Waals surface area contributed by atoms with Gasteiger partial charge in [-0.1, -0.05) is 17.7 Å². The minimum Gasteiger partial charge on any atom is -0.481 e. The number of benzene rings is 1. The molecule has 7 nitrogen and oxygen atoms in total. The quantitative estimate of drug-likeness (QED) is 0.707. The highest BCUT2D eigenvalue weighted by molar-refractivity contribution is 7.89. The molecule has 0 heterocycles. The van der Waals surface area contributed by atoms with Gasteiger partial charge in [0.1, 0.15) is 10.9 Å². The predicted octanol–water partition coefficient (Wildman–Crippen LogP) is 0.685. The van der Waals surface area contributed by atoms with Crippen molar-refractivity contribution < 1.29 is 32.6 Å². The van der Waals surface area contributed by atoms with Gasteiger partial charge < -0.3 is 10.2 Å². The Labute approximate surface area is 118 Å². The van der Waals surface area contributed by atoms with E-state index >= 15 is 0 Å². The van der Waals surface area contributed by atoms with Gasteiger partial charge in [0.15, 0.2) is 5.82 Å². The molecule has 20 heavy (non-hydrogen) atoms. The van der Waals surface area contributed by atoms with E-state index in [1.807, 2.05) is 0 Å². The van der Waals surface area contributed by atoms with E-state index in [1.54, 1.807) is 4.72 Å². The van der Waals surface area contributed by atoms with Crippen molar-refractivity contribution in [3.05, 3.63) is 29.0 Å². The molecule has 1 unspecified atom stereocenters. The van der Waals surface area contributed by atoms with Crippen LogP contribution >= 0.6 is 11.6 Å². The number of carbonyl (C=O) groups is 2. The SMILES string of the molecule is O=C(O)CC(NS(=O)(=O)c1cccc(Cl)c1F)C(=O)O. The summed E-state index contributed by atoms with van der Waals surface area (Å²) in [5.41, 5.74) is 0. The standard InChI is InChI=1S/C10H9ClFNO6S/c11-5-2-1-3-7(9(5)12)20(18,19)13-6(10(16)17)4-8(14)15/h1-3,6,13H,4H2,(H,14,15)(H,16,17). The van der Waals surface area contributed by atoms with Gasteiger partial charge in [0.05, 0.1) is 11.4 Å². The molecule has 0 amide bonds.